The van der Waals surface area contributed by atoms with Crippen LogP contribution in [0.1, 0.15) is 17.4 Å². The molecule has 0 fully saturated rings. The topological polar surface area (TPSA) is 80.3 Å². The van der Waals surface area contributed by atoms with Crippen LogP contribution in [0, 0.1) is 5.82 Å². The number of aromatic nitrogens is 1. The van der Waals surface area contributed by atoms with Crippen molar-refractivity contribution in [2.75, 3.05) is 0 Å². The molecule has 0 aliphatic carbocycles. The van der Waals surface area contributed by atoms with Gasteiger partial charge in [0.25, 0.3) is 11.8 Å². The molecule has 138 valence electrons. The van der Waals surface area contributed by atoms with Gasteiger partial charge < -0.3 is 4.74 Å². The quantitative estimate of drug-likeness (QED) is 0.620. The number of hydrogen-bond acceptors (Lipinski definition) is 4. The Balaban J connectivity index is 1.59. The van der Waals surface area contributed by atoms with E-state index in [1.54, 1.807) is 18.2 Å². The number of fused-ring (bicyclic) bond motifs is 1. The van der Waals surface area contributed by atoms with E-state index in [-0.39, 0.29) is 5.69 Å². The van der Waals surface area contributed by atoms with Crippen molar-refractivity contribution in [2.24, 2.45) is 0 Å². The van der Waals surface area contributed by atoms with Crippen LogP contribution in [-0.2, 0) is 4.79 Å². The van der Waals surface area contributed by atoms with Crippen molar-refractivity contribution in [3.63, 3.8) is 0 Å². The molecule has 1 heterocycles. The third kappa shape index (κ3) is 4.59. The number of carbonyl (C=O) groups is 2. The fourth-order valence-electron chi connectivity index (χ4n) is 2.29. The van der Waals surface area contributed by atoms with Gasteiger partial charge in [-0.15, -0.1) is 0 Å². The Bertz CT molecular complexity index is 1010. The summed E-state index contributed by atoms with van der Waals surface area (Å²) in [4.78, 5) is 28.5. The fraction of sp³-hybridized carbons (Fsp3) is 0.105. The summed E-state index contributed by atoms with van der Waals surface area (Å²) in [6.07, 6.45) is -0.920. The van der Waals surface area contributed by atoms with E-state index in [4.69, 9.17) is 4.74 Å². The van der Waals surface area contributed by atoms with Gasteiger partial charge in [-0.05, 0) is 53.2 Å². The summed E-state index contributed by atoms with van der Waals surface area (Å²) in [6.45, 7) is 1.51. The zero-order valence-electron chi connectivity index (χ0n) is 14.2. The Morgan fingerprint density at radius 3 is 2.67 bits per heavy atom. The van der Waals surface area contributed by atoms with E-state index in [9.17, 15) is 14.0 Å². The number of carbonyl (C=O) groups excluding carboxylic acids is 2. The van der Waals surface area contributed by atoms with Gasteiger partial charge in [-0.1, -0.05) is 24.3 Å². The lowest BCUT2D eigenvalue weighted by atomic mass is 10.2. The molecule has 0 aliphatic rings. The van der Waals surface area contributed by atoms with Gasteiger partial charge in [0.1, 0.15) is 17.3 Å². The number of para-hydroxylation sites is 1. The molecule has 8 heteroatoms. The second-order valence-corrected chi connectivity index (χ2v) is 6.52. The Morgan fingerprint density at radius 2 is 1.89 bits per heavy atom. The smallest absolute Gasteiger partial charge is 0.288 e. The van der Waals surface area contributed by atoms with E-state index in [1.807, 2.05) is 18.2 Å². The highest BCUT2D eigenvalue weighted by atomic mass is 79.9. The van der Waals surface area contributed by atoms with E-state index in [0.29, 0.717) is 15.7 Å². The van der Waals surface area contributed by atoms with Gasteiger partial charge in [-0.3, -0.25) is 20.4 Å². The molecule has 3 aromatic rings. The first kappa shape index (κ1) is 18.8. The van der Waals surface area contributed by atoms with Crippen molar-refractivity contribution < 1.29 is 18.7 Å². The zero-order chi connectivity index (χ0) is 19.4. The molecule has 2 N–H and O–H groups in total. The Kier molecular flexibility index (Phi) is 5.66. The summed E-state index contributed by atoms with van der Waals surface area (Å²) in [5.41, 5.74) is 5.43. The number of benzene rings is 2. The molecule has 0 saturated heterocycles. The molecule has 3 rings (SSSR count). The van der Waals surface area contributed by atoms with E-state index >= 15 is 0 Å². The summed E-state index contributed by atoms with van der Waals surface area (Å²) in [7, 11) is 0. The van der Waals surface area contributed by atoms with Crippen LogP contribution in [0.4, 0.5) is 4.39 Å². The number of pyridine rings is 1. The van der Waals surface area contributed by atoms with Crippen LogP contribution >= 0.6 is 15.9 Å². The summed E-state index contributed by atoms with van der Waals surface area (Å²) in [5, 5.41) is 0.907. The van der Waals surface area contributed by atoms with Crippen molar-refractivity contribution in [2.45, 2.75) is 13.0 Å². The van der Waals surface area contributed by atoms with Gasteiger partial charge in [-0.2, -0.15) is 0 Å². The van der Waals surface area contributed by atoms with E-state index < -0.39 is 23.7 Å². The van der Waals surface area contributed by atoms with Crippen molar-refractivity contribution in [1.29, 1.82) is 0 Å². The number of rotatable bonds is 4. The molecule has 2 aromatic carbocycles. The number of nitrogens with one attached hydrogen (secondary N) is 2. The highest BCUT2D eigenvalue weighted by Gasteiger charge is 2.17. The van der Waals surface area contributed by atoms with Crippen LogP contribution < -0.4 is 15.6 Å². The predicted octanol–water partition coefficient (Wildman–Crippen LogP) is 3.36. The van der Waals surface area contributed by atoms with Crippen LogP contribution in [0.25, 0.3) is 10.9 Å². The van der Waals surface area contributed by atoms with Gasteiger partial charge in [-0.25, -0.2) is 9.37 Å². The lowest BCUT2D eigenvalue weighted by Gasteiger charge is -2.16. The Hall–Kier alpha value is -3.00. The molecule has 1 aromatic heterocycles. The van der Waals surface area contributed by atoms with Gasteiger partial charge in [0.15, 0.2) is 6.10 Å². The Labute approximate surface area is 162 Å². The zero-order valence-corrected chi connectivity index (χ0v) is 15.8. The normalized spacial score (nSPS) is 11.7. The van der Waals surface area contributed by atoms with Crippen LogP contribution in [0.15, 0.2) is 59.1 Å². The lowest BCUT2D eigenvalue weighted by Crippen LogP contribution is -2.47. The van der Waals surface area contributed by atoms with E-state index in [1.165, 1.54) is 25.1 Å². The molecule has 27 heavy (non-hydrogen) atoms. The van der Waals surface area contributed by atoms with Crippen LogP contribution in [0.2, 0.25) is 0 Å². The van der Waals surface area contributed by atoms with Crippen molar-refractivity contribution in [1.82, 2.24) is 15.8 Å². The highest BCUT2D eigenvalue weighted by Crippen LogP contribution is 2.26. The fourth-order valence-corrected chi connectivity index (χ4v) is 2.74. The van der Waals surface area contributed by atoms with Crippen LogP contribution in [0.3, 0.4) is 0 Å². The lowest BCUT2D eigenvalue weighted by molar-refractivity contribution is -0.128. The molecule has 0 saturated carbocycles. The first-order chi connectivity index (χ1) is 12.9. The summed E-state index contributed by atoms with van der Waals surface area (Å²) in [5.74, 6) is -1.24. The van der Waals surface area contributed by atoms with Crippen LogP contribution in [0.5, 0.6) is 5.75 Å². The van der Waals surface area contributed by atoms with Gasteiger partial charge in [0.2, 0.25) is 0 Å². The third-order valence-corrected chi connectivity index (χ3v) is 4.32. The average Bonchev–Trinajstić information content (AvgIpc) is 2.67. The number of nitrogens with zero attached hydrogens (tertiary/aromatic N) is 1. The maximum atomic E-state index is 13.1. The molecular weight excluding hydrogens is 417 g/mol. The summed E-state index contributed by atoms with van der Waals surface area (Å²) < 4.78 is 18.9. The molecule has 0 aliphatic heterocycles. The van der Waals surface area contributed by atoms with E-state index in [0.717, 1.165) is 5.39 Å². The second-order valence-electron chi connectivity index (χ2n) is 5.67. The van der Waals surface area contributed by atoms with Gasteiger partial charge >= 0.3 is 0 Å². The average molecular weight is 432 g/mol. The molecule has 1 unspecified atom stereocenters. The highest BCUT2D eigenvalue weighted by molar-refractivity contribution is 9.10. The summed E-state index contributed by atoms with van der Waals surface area (Å²) in [6, 6.07) is 14.6. The van der Waals surface area contributed by atoms with Crippen molar-refractivity contribution >= 4 is 38.6 Å². The van der Waals surface area contributed by atoms with Crippen molar-refractivity contribution in [3.05, 3.63) is 70.6 Å². The number of halogens is 2. The largest absolute Gasteiger partial charge is 0.480 e. The third-order valence-electron chi connectivity index (χ3n) is 3.70. The molecule has 2 amide bonds. The first-order valence-electron chi connectivity index (χ1n) is 8.02. The van der Waals surface area contributed by atoms with Crippen LogP contribution in [-0.4, -0.2) is 22.9 Å². The Morgan fingerprint density at radius 1 is 1.11 bits per heavy atom. The molecule has 1 atom stereocenters. The molecule has 0 bridgehead atoms. The van der Waals surface area contributed by atoms with Crippen molar-refractivity contribution in [3.8, 4) is 5.75 Å². The minimum atomic E-state index is -0.920. The monoisotopic (exact) mass is 431 g/mol. The standard InChI is InChI=1S/C19H15BrFN3O3/c1-11(27-17-9-7-13(21)10-14(17)20)18(25)23-24-19(26)16-8-6-12-4-2-3-5-15(12)22-16/h2-11H,1H3,(H,23,25)(H,24,26). The number of hydrazine groups is 1. The molecular formula is C19H15BrFN3O3. The first-order valence-corrected chi connectivity index (χ1v) is 8.81. The minimum absolute atomic E-state index is 0.170. The molecule has 0 radical (unpaired) electrons. The number of ether oxygens (including phenoxy) is 1. The van der Waals surface area contributed by atoms with Gasteiger partial charge in [0.05, 0.1) is 9.99 Å². The minimum Gasteiger partial charge on any atom is -0.480 e. The summed E-state index contributed by atoms with van der Waals surface area (Å²) >= 11 is 3.16. The molecule has 6 nitrogen and oxygen atoms in total. The SMILES string of the molecule is CC(Oc1ccc(F)cc1Br)C(=O)NNC(=O)c1ccc2ccccc2n1. The second kappa shape index (κ2) is 8.13. The maximum absolute atomic E-state index is 13.1. The number of hydrogen-bond donors (Lipinski definition) is 2. The molecule has 0 spiro atoms. The van der Waals surface area contributed by atoms with Gasteiger partial charge in [0, 0.05) is 5.39 Å². The van der Waals surface area contributed by atoms with E-state index in [2.05, 4.69) is 31.8 Å². The maximum Gasteiger partial charge on any atom is 0.288 e. The number of amides is 2. The predicted molar refractivity (Wildman–Crippen MR) is 102 cm³/mol.